The van der Waals surface area contributed by atoms with Crippen LogP contribution in [0.4, 0.5) is 0 Å². The Hall–Kier alpha value is -3.50. The Kier molecular flexibility index (Phi) is 30.1. The number of aromatic nitrogens is 2. The maximum atomic E-state index is 13.4. The van der Waals surface area contributed by atoms with Crippen molar-refractivity contribution in [2.45, 2.75) is 412 Å². The number of aliphatic hydroxyl groups is 5. The largest absolute Gasteiger partial charge is 0.390 e. The molecule has 0 bridgehead atoms. The molecular weight excluding hydrogens is 1730 g/mol. The van der Waals surface area contributed by atoms with Crippen LogP contribution in [-0.4, -0.2) is 160 Å². The summed E-state index contributed by atoms with van der Waals surface area (Å²) in [5.74, 6) is 20.8. The van der Waals surface area contributed by atoms with Crippen molar-refractivity contribution < 1.29 is 35.1 Å². The summed E-state index contributed by atoms with van der Waals surface area (Å²) in [7, 11) is 0. The number of piperidine rings is 2. The molecule has 3 aliphatic heterocycles. The Balaban J connectivity index is 0.000000107. The summed E-state index contributed by atoms with van der Waals surface area (Å²) in [5.41, 5.74) is 11.9. The molecule has 24 rings (SSSR count). The molecule has 13 heteroatoms. The standard InChI is InChI=1S/C27H43NO.C26H41NO2.C26H41NO.C25H36N2O.C22H34O2S/c1-19(18-28-15-5-4-6-16-28)24-9-10-25-23-8-7-20-17-26(2,29)13-11-21(20)22(23)12-14-27(24,25)3;1-25(29)12-10-19-18(16-25)6-7-21-20(19)11-13-26(2)22(21)8-9-23(26)24(28)17-27-14-4-3-5-15-27;1-18(17-27-14-4-5-15-27)23-8-9-24-22-7-6-19-16-25(2,28)12-10-20(19)21(22)11-13-26(23,24)3;1-17(15-27-13-12-26-16-27)22-6-7-23-21-5-4-18-14-24(2,28)10-8-19(18)20(21)9-11-25(22,23)3;1-21(24)10-8-15-14(12-21)4-5-17-16(15)9-11-22(2)18(17)6-7-19(22)20(23)13-25-3/h7,21-25,29H,1,4-6,8-18H2,2-3H3;6,19-23,29H,3-5,7-17H2,1-2H3;6,20-24,28H,1,4-5,7-17H2,2-3H3;4,12-13,16,19-23,28H,1,5-11,14-15H2,2-3H3;4,15-19,24H,5-13H2,1-3H3/t21-,22+,23+,24+,25-,26-,27+;19-,20+,21+,22-,23+,25-,26-;20-,21+,22+,23+,24-,25-,26+;19-,20+,21+,22+,23-,24-,25+;15-,16+,17+,18-,19+,21-,22-/m00000/s1. The van der Waals surface area contributed by atoms with Crippen LogP contribution in [0.15, 0.2) is 113 Å². The van der Waals surface area contributed by atoms with Crippen LogP contribution in [0.2, 0.25) is 0 Å². The Morgan fingerprint density at radius 3 is 0.842 bits per heavy atom. The van der Waals surface area contributed by atoms with Gasteiger partial charge < -0.3 is 30.1 Å². The number of likely N-dealkylation sites (tertiary alicyclic amines) is 3. The molecule has 1 aromatic rings. The van der Waals surface area contributed by atoms with Gasteiger partial charge in [0.25, 0.3) is 0 Å². The molecule has 1 aromatic heterocycles. The van der Waals surface area contributed by atoms with Gasteiger partial charge in [-0.05, 0) is 539 Å². The maximum absolute atomic E-state index is 13.4. The minimum absolute atomic E-state index is 0.236. The minimum atomic E-state index is -0.488. The maximum Gasteiger partial charge on any atom is 0.150 e. The molecule has 0 aromatic carbocycles. The van der Waals surface area contributed by atoms with Crippen molar-refractivity contribution in [3.8, 4) is 0 Å². The van der Waals surface area contributed by atoms with Gasteiger partial charge in [-0.2, -0.15) is 11.8 Å². The van der Waals surface area contributed by atoms with Gasteiger partial charge in [0.05, 0.1) is 46.6 Å². The predicted octanol–water partition coefficient (Wildman–Crippen LogP) is 26.8. The van der Waals surface area contributed by atoms with Crippen molar-refractivity contribution >= 4 is 23.3 Å². The van der Waals surface area contributed by atoms with Gasteiger partial charge in [-0.1, -0.05) is 142 Å². The molecule has 5 N–H and O–H groups in total. The molecule has 15 saturated carbocycles. The molecule has 0 unspecified atom stereocenters. The highest BCUT2D eigenvalue weighted by molar-refractivity contribution is 7.99. The smallest absolute Gasteiger partial charge is 0.150 e. The Morgan fingerprint density at radius 1 is 0.317 bits per heavy atom. The SMILES string of the molecule is C=C(CN1CCCC1)[C@H]1CC[C@H]2[C@@H]3CC=C4C[C@@](C)(O)CC[C@@H]4[C@H]3CC[C@]12C.C=C(CN1CCCCC1)[C@H]1CC[C@H]2[C@@H]3CC=C4C[C@@](C)(O)CC[C@@H]4[C@H]3CC[C@]12C.C=C(Cn1ccnc1)[C@H]1CC[C@H]2[C@@H]3CC=C4C[C@@](C)(O)CC[C@@H]4[C@H]3CC[C@]12C.CSCC(=O)[C@H]1CC[C@H]2[C@@H]3CC=C4C[C@@](C)(O)CC[C@@H]4[C@H]3CC[C@]12C.C[C@]1(O)CC[C@H]2C(=CC[C@@H]3[C@@H]2CC[C@]2(C)[C@@H](C(=O)CN4CCCCC4)CC[C@@H]32)C1. The van der Waals surface area contributed by atoms with Crippen molar-refractivity contribution in [1.82, 2.24) is 24.3 Å². The van der Waals surface area contributed by atoms with E-state index in [2.05, 4.69) is 121 Å². The van der Waals surface area contributed by atoms with Crippen molar-refractivity contribution in [2.75, 3.05) is 70.9 Å². The van der Waals surface area contributed by atoms with Crippen LogP contribution in [0.5, 0.6) is 0 Å². The molecule has 20 aliphatic carbocycles. The van der Waals surface area contributed by atoms with Gasteiger partial charge in [0.15, 0.2) is 0 Å². The number of allylic oxidation sites excluding steroid dienone is 6. The second kappa shape index (κ2) is 40.8. The number of hydrogen-bond donors (Lipinski definition) is 5. The van der Waals surface area contributed by atoms with Crippen LogP contribution in [0.3, 0.4) is 0 Å². The zero-order valence-electron chi connectivity index (χ0n) is 89.6. The molecule has 18 fully saturated rings. The molecule has 0 spiro atoms. The summed E-state index contributed by atoms with van der Waals surface area (Å²) in [4.78, 5) is 38.0. The zero-order chi connectivity index (χ0) is 97.3. The first-order chi connectivity index (χ1) is 66.3. The molecule has 0 amide bonds. The predicted molar refractivity (Wildman–Crippen MR) is 570 cm³/mol. The van der Waals surface area contributed by atoms with Gasteiger partial charge in [0, 0.05) is 43.9 Å². The number of thioether (sulfide) groups is 1. The first-order valence-electron chi connectivity index (χ1n) is 59.1. The third-order valence-electron chi connectivity index (χ3n) is 47.4. The second-order valence-electron chi connectivity index (χ2n) is 55.9. The van der Waals surface area contributed by atoms with E-state index in [-0.39, 0.29) is 10.8 Å². The van der Waals surface area contributed by atoms with Gasteiger partial charge in [0.2, 0.25) is 0 Å². The van der Waals surface area contributed by atoms with Crippen molar-refractivity contribution in [3.63, 3.8) is 0 Å². The summed E-state index contributed by atoms with van der Waals surface area (Å²) in [5, 5.41) is 52.7. The number of nitrogens with zero attached hydrogens (tertiary/aromatic N) is 5. The number of fused-ring (bicyclic) bond motifs is 25. The van der Waals surface area contributed by atoms with Crippen LogP contribution in [0.1, 0.15) is 377 Å². The third-order valence-corrected chi connectivity index (χ3v) is 48.0. The number of carbonyl (C=O) groups is 2. The minimum Gasteiger partial charge on any atom is -0.390 e. The van der Waals surface area contributed by atoms with E-state index in [9.17, 15) is 35.1 Å². The average Bonchev–Trinajstić information content (AvgIpc) is 1.62. The molecule has 0 radical (unpaired) electrons. The molecule has 12 nitrogen and oxygen atoms in total. The fourth-order valence-corrected chi connectivity index (χ4v) is 41.2. The van der Waals surface area contributed by atoms with E-state index in [0.29, 0.717) is 69.7 Å². The Bertz CT molecular complexity index is 4600. The van der Waals surface area contributed by atoms with E-state index in [1.54, 1.807) is 50.8 Å². The fraction of sp³-hybridized carbons (Fsp3) is 0.833. The lowest BCUT2D eigenvalue weighted by atomic mass is 9.51. The summed E-state index contributed by atoms with van der Waals surface area (Å²) in [6.45, 7) is 48.1. The normalized spacial score (nSPS) is 47.5. The number of carbonyl (C=O) groups excluding carboxylic acids is 2. The van der Waals surface area contributed by atoms with Gasteiger partial charge in [-0.15, -0.1) is 0 Å². The Labute approximate surface area is 848 Å². The van der Waals surface area contributed by atoms with Crippen LogP contribution < -0.4 is 0 Å². The molecule has 772 valence electrons. The summed E-state index contributed by atoms with van der Waals surface area (Å²) in [6, 6.07) is 0. The highest BCUT2D eigenvalue weighted by Crippen LogP contribution is 2.72. The summed E-state index contributed by atoms with van der Waals surface area (Å²) < 4.78 is 2.17. The topological polar surface area (TPSA) is 163 Å². The zero-order valence-corrected chi connectivity index (χ0v) is 90.4. The van der Waals surface area contributed by atoms with Gasteiger partial charge in [0.1, 0.15) is 11.6 Å². The number of Topliss-reactive ketones (excluding diaryl/α,β-unsaturated/α-hetero) is 2. The number of rotatable bonds is 15. The lowest BCUT2D eigenvalue weighted by Gasteiger charge is -2.54. The van der Waals surface area contributed by atoms with Crippen molar-refractivity contribution in [2.24, 2.45) is 175 Å². The number of imidazole rings is 1. The Morgan fingerprint density at radius 2 is 0.568 bits per heavy atom. The number of ketones is 2. The van der Waals surface area contributed by atoms with Crippen LogP contribution in [-0.2, 0) is 16.1 Å². The molecule has 3 saturated heterocycles. The summed E-state index contributed by atoms with van der Waals surface area (Å²) in [6.07, 6.45) is 79.5. The average molecular weight is 1920 g/mol. The van der Waals surface area contributed by atoms with E-state index in [1.165, 1.54) is 256 Å². The van der Waals surface area contributed by atoms with E-state index in [1.807, 2.05) is 47.1 Å². The lowest BCUT2D eigenvalue weighted by molar-refractivity contribution is -0.130. The third kappa shape index (κ3) is 20.4. The van der Waals surface area contributed by atoms with E-state index >= 15 is 0 Å². The van der Waals surface area contributed by atoms with Crippen LogP contribution in [0, 0.1) is 175 Å². The van der Waals surface area contributed by atoms with E-state index < -0.39 is 28.0 Å². The fourth-order valence-electron chi connectivity index (χ4n) is 40.7. The van der Waals surface area contributed by atoms with E-state index in [4.69, 9.17) is 0 Å². The molecule has 139 heavy (non-hydrogen) atoms. The lowest BCUT2D eigenvalue weighted by Crippen LogP contribution is -2.49. The van der Waals surface area contributed by atoms with Gasteiger partial charge in [-0.25, -0.2) is 4.98 Å². The second-order valence-corrected chi connectivity index (χ2v) is 56.8. The van der Waals surface area contributed by atoms with Crippen LogP contribution in [0.25, 0.3) is 0 Å². The first-order valence-corrected chi connectivity index (χ1v) is 60.5. The van der Waals surface area contributed by atoms with Gasteiger partial charge in [-0.3, -0.25) is 24.3 Å². The molecule has 35 atom stereocenters. The quantitative estimate of drug-likeness (QED) is 0.106. The van der Waals surface area contributed by atoms with Crippen LogP contribution >= 0.6 is 11.8 Å². The number of hydrogen-bond acceptors (Lipinski definition) is 12. The molecule has 23 aliphatic rings. The van der Waals surface area contributed by atoms with Crippen molar-refractivity contribution in [3.05, 3.63) is 113 Å². The van der Waals surface area contributed by atoms with E-state index in [0.717, 1.165) is 235 Å². The summed E-state index contributed by atoms with van der Waals surface area (Å²) >= 11 is 1.69. The molecule has 4 heterocycles. The van der Waals surface area contributed by atoms with Gasteiger partial charge >= 0.3 is 0 Å². The molecular formula is C126H195N5O7S. The van der Waals surface area contributed by atoms with Crippen molar-refractivity contribution in [1.29, 1.82) is 0 Å². The monoisotopic (exact) mass is 1920 g/mol. The highest BCUT2D eigenvalue weighted by Gasteiger charge is 2.64. The highest BCUT2D eigenvalue weighted by atomic mass is 32.2. The first kappa shape index (κ1) is 103.